The number of fused-ring (bicyclic) bond motifs is 1. The summed E-state index contributed by atoms with van der Waals surface area (Å²) in [5.74, 6) is 1.90. The van der Waals surface area contributed by atoms with Gasteiger partial charge < -0.3 is 14.8 Å². The molecule has 3 aromatic rings. The predicted octanol–water partition coefficient (Wildman–Crippen LogP) is 3.27. The lowest BCUT2D eigenvalue weighted by atomic mass is 10.3. The van der Waals surface area contributed by atoms with Crippen molar-refractivity contribution in [2.45, 2.75) is 19.9 Å². The summed E-state index contributed by atoms with van der Waals surface area (Å²) < 4.78 is 2.12. The van der Waals surface area contributed by atoms with Gasteiger partial charge in [-0.05, 0) is 36.9 Å². The van der Waals surface area contributed by atoms with Gasteiger partial charge in [0.15, 0.2) is 5.96 Å². The van der Waals surface area contributed by atoms with Crippen LogP contribution in [0.25, 0.3) is 11.0 Å². The Morgan fingerprint density at radius 1 is 1.28 bits per heavy atom. The van der Waals surface area contributed by atoms with Crippen LogP contribution >= 0.6 is 11.3 Å². The molecule has 0 aliphatic heterocycles. The number of para-hydroxylation sites is 2. The first-order chi connectivity index (χ1) is 12.2. The molecular formula is C19H25N5S. The summed E-state index contributed by atoms with van der Waals surface area (Å²) in [7, 11) is 4.14. The van der Waals surface area contributed by atoms with E-state index >= 15 is 0 Å². The average molecular weight is 356 g/mol. The first-order valence-corrected chi connectivity index (χ1v) is 9.49. The standard InChI is InChI=1S/C19H25N5S/c1-4-20-19(23(2)12-11-15-8-7-13-25-15)21-14-18-22-16-9-5-6-10-17(16)24(18)3/h5-10,13H,4,11-12,14H2,1-3H3,(H,20,21). The third-order valence-electron chi connectivity index (χ3n) is 4.22. The molecule has 0 bridgehead atoms. The molecule has 0 aliphatic carbocycles. The number of nitrogens with one attached hydrogen (secondary N) is 1. The van der Waals surface area contributed by atoms with Crippen LogP contribution in [0.15, 0.2) is 46.8 Å². The van der Waals surface area contributed by atoms with Gasteiger partial charge in [-0.15, -0.1) is 11.3 Å². The molecule has 0 saturated carbocycles. The Bertz CT molecular complexity index is 835. The number of benzene rings is 1. The van der Waals surface area contributed by atoms with Gasteiger partial charge in [-0.25, -0.2) is 9.98 Å². The van der Waals surface area contributed by atoms with Crippen molar-refractivity contribution in [1.29, 1.82) is 0 Å². The van der Waals surface area contributed by atoms with Crippen molar-refractivity contribution in [1.82, 2.24) is 19.8 Å². The van der Waals surface area contributed by atoms with Gasteiger partial charge in [-0.2, -0.15) is 0 Å². The molecule has 25 heavy (non-hydrogen) atoms. The Balaban J connectivity index is 1.71. The number of imidazole rings is 1. The molecule has 2 aromatic heterocycles. The van der Waals surface area contributed by atoms with E-state index in [0.29, 0.717) is 6.54 Å². The molecule has 132 valence electrons. The molecule has 2 heterocycles. The quantitative estimate of drug-likeness (QED) is 0.545. The van der Waals surface area contributed by atoms with Gasteiger partial charge in [-0.3, -0.25) is 0 Å². The molecule has 0 atom stereocenters. The van der Waals surface area contributed by atoms with Crippen LogP contribution in [0, 0.1) is 0 Å². The Kier molecular flexibility index (Phi) is 5.71. The molecule has 0 unspecified atom stereocenters. The Labute approximate surface area is 153 Å². The average Bonchev–Trinajstić information content (AvgIpc) is 3.25. The smallest absolute Gasteiger partial charge is 0.194 e. The largest absolute Gasteiger partial charge is 0.357 e. The van der Waals surface area contributed by atoms with E-state index in [1.54, 1.807) is 11.3 Å². The van der Waals surface area contributed by atoms with Crippen LogP contribution in [0.2, 0.25) is 0 Å². The normalized spacial score (nSPS) is 11.9. The number of likely N-dealkylation sites (N-methyl/N-ethyl adjacent to an activating group) is 1. The van der Waals surface area contributed by atoms with Crippen molar-refractivity contribution < 1.29 is 0 Å². The number of hydrogen-bond acceptors (Lipinski definition) is 3. The minimum absolute atomic E-state index is 0.566. The molecule has 3 rings (SSSR count). The monoisotopic (exact) mass is 355 g/mol. The number of guanidine groups is 1. The second-order valence-electron chi connectivity index (χ2n) is 6.00. The van der Waals surface area contributed by atoms with Crippen LogP contribution in [-0.2, 0) is 20.0 Å². The van der Waals surface area contributed by atoms with Gasteiger partial charge in [0.1, 0.15) is 12.4 Å². The van der Waals surface area contributed by atoms with Crippen LogP contribution in [-0.4, -0.2) is 40.5 Å². The highest BCUT2D eigenvalue weighted by molar-refractivity contribution is 7.09. The zero-order valence-corrected chi connectivity index (χ0v) is 15.9. The zero-order chi connectivity index (χ0) is 17.6. The second kappa shape index (κ2) is 8.16. The van der Waals surface area contributed by atoms with Gasteiger partial charge in [0.2, 0.25) is 0 Å². The van der Waals surface area contributed by atoms with Crippen LogP contribution in [0.4, 0.5) is 0 Å². The van der Waals surface area contributed by atoms with Crippen LogP contribution in [0.3, 0.4) is 0 Å². The maximum absolute atomic E-state index is 4.79. The Morgan fingerprint density at radius 2 is 2.12 bits per heavy atom. The predicted molar refractivity (Wildman–Crippen MR) is 106 cm³/mol. The van der Waals surface area contributed by atoms with Gasteiger partial charge in [-0.1, -0.05) is 18.2 Å². The molecule has 6 heteroatoms. The minimum Gasteiger partial charge on any atom is -0.357 e. The number of hydrogen-bond donors (Lipinski definition) is 1. The SMILES string of the molecule is CCNC(=NCc1nc2ccccc2n1C)N(C)CCc1cccs1. The molecular weight excluding hydrogens is 330 g/mol. The number of nitrogens with zero attached hydrogens (tertiary/aromatic N) is 4. The van der Waals surface area contributed by atoms with Crippen molar-refractivity contribution in [3.8, 4) is 0 Å². The van der Waals surface area contributed by atoms with E-state index in [9.17, 15) is 0 Å². The zero-order valence-electron chi connectivity index (χ0n) is 15.1. The highest BCUT2D eigenvalue weighted by atomic mass is 32.1. The Hall–Kier alpha value is -2.34. The fourth-order valence-electron chi connectivity index (χ4n) is 2.79. The Morgan fingerprint density at radius 3 is 2.84 bits per heavy atom. The van der Waals surface area contributed by atoms with Gasteiger partial charge in [0.05, 0.1) is 11.0 Å². The van der Waals surface area contributed by atoms with E-state index in [1.165, 1.54) is 4.88 Å². The van der Waals surface area contributed by atoms with Crippen molar-refractivity contribution in [3.63, 3.8) is 0 Å². The molecule has 0 fully saturated rings. The van der Waals surface area contributed by atoms with E-state index in [-0.39, 0.29) is 0 Å². The highest BCUT2D eigenvalue weighted by Gasteiger charge is 2.09. The fourth-order valence-corrected chi connectivity index (χ4v) is 3.49. The van der Waals surface area contributed by atoms with Crippen molar-refractivity contribution in [2.24, 2.45) is 12.0 Å². The highest BCUT2D eigenvalue weighted by Crippen LogP contribution is 2.15. The number of thiophene rings is 1. The maximum Gasteiger partial charge on any atom is 0.194 e. The second-order valence-corrected chi connectivity index (χ2v) is 7.03. The lowest BCUT2D eigenvalue weighted by Gasteiger charge is -2.21. The summed E-state index contributed by atoms with van der Waals surface area (Å²) in [6.45, 7) is 4.45. The van der Waals surface area contributed by atoms with E-state index in [1.807, 2.05) is 25.2 Å². The number of rotatable bonds is 6. The molecule has 0 radical (unpaired) electrons. The summed E-state index contributed by atoms with van der Waals surface area (Å²) in [5, 5.41) is 5.50. The van der Waals surface area contributed by atoms with Crippen LogP contribution < -0.4 is 5.32 Å². The lowest BCUT2D eigenvalue weighted by molar-refractivity contribution is 0.486. The van der Waals surface area contributed by atoms with Gasteiger partial charge in [0, 0.05) is 32.1 Å². The maximum atomic E-state index is 4.79. The van der Waals surface area contributed by atoms with Crippen LogP contribution in [0.5, 0.6) is 0 Å². The first-order valence-electron chi connectivity index (χ1n) is 8.61. The van der Waals surface area contributed by atoms with Crippen molar-refractivity contribution >= 4 is 28.3 Å². The summed E-state index contributed by atoms with van der Waals surface area (Å²) in [5.41, 5.74) is 2.16. The molecule has 0 spiro atoms. The van der Waals surface area contributed by atoms with Crippen molar-refractivity contribution in [3.05, 3.63) is 52.5 Å². The summed E-state index contributed by atoms with van der Waals surface area (Å²) in [6, 6.07) is 12.5. The third kappa shape index (κ3) is 4.20. The minimum atomic E-state index is 0.566. The third-order valence-corrected chi connectivity index (χ3v) is 5.16. The number of aromatic nitrogens is 2. The van der Waals surface area contributed by atoms with Gasteiger partial charge in [0.25, 0.3) is 0 Å². The molecule has 0 amide bonds. The summed E-state index contributed by atoms with van der Waals surface area (Å²) >= 11 is 1.80. The molecule has 0 saturated heterocycles. The fraction of sp³-hybridized carbons (Fsp3) is 0.368. The molecule has 1 N–H and O–H groups in total. The van der Waals surface area contributed by atoms with E-state index < -0.39 is 0 Å². The molecule has 1 aromatic carbocycles. The first kappa shape index (κ1) is 17.5. The topological polar surface area (TPSA) is 45.5 Å². The number of aryl methyl sites for hydroxylation is 1. The van der Waals surface area contributed by atoms with Crippen molar-refractivity contribution in [2.75, 3.05) is 20.1 Å². The summed E-state index contributed by atoms with van der Waals surface area (Å²) in [4.78, 5) is 13.1. The van der Waals surface area contributed by atoms with E-state index in [4.69, 9.17) is 9.98 Å². The molecule has 5 nitrogen and oxygen atoms in total. The summed E-state index contributed by atoms with van der Waals surface area (Å²) in [6.07, 6.45) is 1.03. The van der Waals surface area contributed by atoms with Gasteiger partial charge >= 0.3 is 0 Å². The van der Waals surface area contributed by atoms with E-state index in [2.05, 4.69) is 52.3 Å². The van der Waals surface area contributed by atoms with E-state index in [0.717, 1.165) is 42.3 Å². The molecule has 0 aliphatic rings. The lowest BCUT2D eigenvalue weighted by Crippen LogP contribution is -2.39. The number of aliphatic imine (C=N–C) groups is 1. The van der Waals surface area contributed by atoms with Crippen LogP contribution in [0.1, 0.15) is 17.6 Å².